The molecule has 1 fully saturated rings. The molecule has 1 aliphatic heterocycles. The smallest absolute Gasteiger partial charge is 0.415 e. The third-order valence-electron chi connectivity index (χ3n) is 7.19. The molecule has 2 atom stereocenters. The molecular weight excluding hydrogens is 530 g/mol. The molecule has 0 spiro atoms. The van der Waals surface area contributed by atoms with E-state index in [9.17, 15) is 19.5 Å². The van der Waals surface area contributed by atoms with Gasteiger partial charge in [0.1, 0.15) is 5.75 Å². The summed E-state index contributed by atoms with van der Waals surface area (Å²) in [5, 5.41) is 13.5. The van der Waals surface area contributed by atoms with Gasteiger partial charge in [-0.3, -0.25) is 9.48 Å². The standard InChI is InChI=1S/C30H35N3O6S/c1-18-11-20(12-19(2)27(18)39-30(3,4)28(35)36)13-22-15-33(29(37)38-23-14-31-32(5)16-23)17-25(22)26(34)21-7-9-24(40-6)10-8-21/h7-12,14,16,22,25H,13,15,17H2,1-6H3,(H,35,36)/t22?,25-/m0/s1. The SMILES string of the molecule is CSc1ccc(C(=O)[C@H]2CN(C(=O)Oc3cnn(C)c3)CC2Cc2cc(C)c(OC(C)(C)C(=O)O)c(C)c2)cc1. The molecule has 2 aromatic carbocycles. The van der Waals surface area contributed by atoms with Crippen LogP contribution in [-0.4, -0.2) is 62.6 Å². The number of aromatic nitrogens is 2. The number of hydrogen-bond acceptors (Lipinski definition) is 7. The first-order valence-electron chi connectivity index (χ1n) is 13.0. The summed E-state index contributed by atoms with van der Waals surface area (Å²) >= 11 is 1.61. The van der Waals surface area contributed by atoms with E-state index < -0.39 is 23.6 Å². The number of likely N-dealkylation sites (tertiary alicyclic amines) is 1. The zero-order valence-corrected chi connectivity index (χ0v) is 24.4. The molecule has 0 radical (unpaired) electrons. The van der Waals surface area contributed by atoms with E-state index >= 15 is 0 Å². The van der Waals surface area contributed by atoms with Gasteiger partial charge < -0.3 is 19.5 Å². The molecule has 212 valence electrons. The van der Waals surface area contributed by atoms with Crippen molar-refractivity contribution in [3.63, 3.8) is 0 Å². The largest absolute Gasteiger partial charge is 0.478 e. The van der Waals surface area contributed by atoms with E-state index in [1.807, 2.05) is 56.5 Å². The number of hydrogen-bond donors (Lipinski definition) is 1. The highest BCUT2D eigenvalue weighted by atomic mass is 32.2. The Labute approximate surface area is 238 Å². The van der Waals surface area contributed by atoms with Crippen LogP contribution >= 0.6 is 11.8 Å². The summed E-state index contributed by atoms with van der Waals surface area (Å²) in [5.41, 5.74) is 1.85. The quantitative estimate of drug-likeness (QED) is 0.279. The van der Waals surface area contributed by atoms with Gasteiger partial charge >= 0.3 is 12.1 Å². The average molecular weight is 566 g/mol. The maximum Gasteiger partial charge on any atom is 0.415 e. The van der Waals surface area contributed by atoms with Crippen LogP contribution in [0.2, 0.25) is 0 Å². The second-order valence-corrected chi connectivity index (χ2v) is 11.6. The van der Waals surface area contributed by atoms with Crippen LogP contribution in [0.15, 0.2) is 53.7 Å². The minimum absolute atomic E-state index is 0.00839. The fraction of sp³-hybridized carbons (Fsp3) is 0.400. The van der Waals surface area contributed by atoms with Crippen molar-refractivity contribution in [2.24, 2.45) is 18.9 Å². The number of ketones is 1. The molecule has 1 amide bonds. The molecule has 1 saturated heterocycles. The van der Waals surface area contributed by atoms with Crippen LogP contribution in [0.5, 0.6) is 11.5 Å². The van der Waals surface area contributed by atoms with Gasteiger partial charge in [-0.25, -0.2) is 9.59 Å². The van der Waals surface area contributed by atoms with Crippen LogP contribution in [0, 0.1) is 25.7 Å². The van der Waals surface area contributed by atoms with Gasteiger partial charge in [0.05, 0.1) is 12.4 Å². The van der Waals surface area contributed by atoms with Crippen molar-refractivity contribution in [3.8, 4) is 11.5 Å². The van der Waals surface area contributed by atoms with Crippen molar-refractivity contribution >= 4 is 29.6 Å². The topological polar surface area (TPSA) is 111 Å². The number of amides is 1. The number of carboxylic acid groups (broad SMARTS) is 1. The first-order chi connectivity index (χ1) is 18.9. The van der Waals surface area contributed by atoms with Crippen molar-refractivity contribution in [3.05, 3.63) is 71.0 Å². The monoisotopic (exact) mass is 565 g/mol. The number of aliphatic carboxylic acids is 1. The van der Waals surface area contributed by atoms with Crippen LogP contribution < -0.4 is 9.47 Å². The Balaban J connectivity index is 1.59. The molecule has 2 heterocycles. The van der Waals surface area contributed by atoms with Crippen LogP contribution in [0.4, 0.5) is 4.79 Å². The highest BCUT2D eigenvalue weighted by Gasteiger charge is 2.41. The normalized spacial score (nSPS) is 17.1. The Kier molecular flexibility index (Phi) is 8.58. The van der Waals surface area contributed by atoms with Gasteiger partial charge in [-0.15, -0.1) is 11.8 Å². The van der Waals surface area contributed by atoms with Gasteiger partial charge in [0.2, 0.25) is 0 Å². The summed E-state index contributed by atoms with van der Waals surface area (Å²) in [6.45, 7) is 7.40. The molecule has 1 aliphatic rings. The van der Waals surface area contributed by atoms with Gasteiger partial charge in [-0.1, -0.05) is 24.3 Å². The molecule has 10 heteroatoms. The third kappa shape index (κ3) is 6.50. The van der Waals surface area contributed by atoms with Crippen molar-refractivity contribution in [1.82, 2.24) is 14.7 Å². The highest BCUT2D eigenvalue weighted by Crippen LogP contribution is 2.34. The molecule has 4 rings (SSSR count). The molecule has 1 N–H and O–H groups in total. The summed E-state index contributed by atoms with van der Waals surface area (Å²) in [6.07, 6.45) is 5.11. The van der Waals surface area contributed by atoms with Crippen molar-refractivity contribution in [2.45, 2.75) is 44.6 Å². The maximum atomic E-state index is 13.7. The fourth-order valence-corrected chi connectivity index (χ4v) is 5.44. The number of carbonyl (C=O) groups is 3. The lowest BCUT2D eigenvalue weighted by Gasteiger charge is -2.25. The fourth-order valence-electron chi connectivity index (χ4n) is 5.03. The van der Waals surface area contributed by atoms with Crippen LogP contribution in [0.1, 0.15) is 40.9 Å². The van der Waals surface area contributed by atoms with Crippen molar-refractivity contribution < 1.29 is 29.0 Å². The van der Waals surface area contributed by atoms with E-state index in [1.54, 1.807) is 34.6 Å². The summed E-state index contributed by atoms with van der Waals surface area (Å²) in [5.74, 6) is -0.736. The second-order valence-electron chi connectivity index (χ2n) is 10.8. The minimum atomic E-state index is -1.37. The van der Waals surface area contributed by atoms with Gasteiger partial charge in [0.15, 0.2) is 17.1 Å². The molecule has 0 aliphatic carbocycles. The Morgan fingerprint density at radius 1 is 1.10 bits per heavy atom. The molecule has 3 aromatic rings. The van der Waals surface area contributed by atoms with E-state index in [-0.39, 0.29) is 18.2 Å². The Bertz CT molecular complexity index is 1390. The Morgan fingerprint density at radius 3 is 2.30 bits per heavy atom. The molecule has 1 unspecified atom stereocenters. The number of rotatable bonds is 9. The van der Waals surface area contributed by atoms with E-state index in [0.717, 1.165) is 21.6 Å². The van der Waals surface area contributed by atoms with E-state index in [4.69, 9.17) is 9.47 Å². The van der Waals surface area contributed by atoms with Gasteiger partial charge in [-0.2, -0.15) is 5.10 Å². The van der Waals surface area contributed by atoms with E-state index in [0.29, 0.717) is 30.0 Å². The van der Waals surface area contributed by atoms with E-state index in [2.05, 4.69) is 5.10 Å². The number of carboxylic acids is 1. The van der Waals surface area contributed by atoms with E-state index in [1.165, 1.54) is 20.0 Å². The molecule has 0 bridgehead atoms. The van der Waals surface area contributed by atoms with Gasteiger partial charge in [0.25, 0.3) is 0 Å². The lowest BCUT2D eigenvalue weighted by atomic mass is 9.84. The number of benzene rings is 2. The van der Waals surface area contributed by atoms with Crippen LogP contribution in [0.3, 0.4) is 0 Å². The number of carbonyl (C=O) groups excluding carboxylic acids is 2. The Hall–Kier alpha value is -3.79. The molecule has 40 heavy (non-hydrogen) atoms. The Morgan fingerprint density at radius 2 is 1.75 bits per heavy atom. The van der Waals surface area contributed by atoms with Crippen molar-refractivity contribution in [2.75, 3.05) is 19.3 Å². The third-order valence-corrected chi connectivity index (χ3v) is 7.93. The second kappa shape index (κ2) is 11.8. The molecule has 0 saturated carbocycles. The lowest BCUT2D eigenvalue weighted by molar-refractivity contribution is -0.152. The number of nitrogens with zero attached hydrogens (tertiary/aromatic N) is 3. The summed E-state index contributed by atoms with van der Waals surface area (Å²) in [4.78, 5) is 41.0. The lowest BCUT2D eigenvalue weighted by Crippen LogP contribution is -2.38. The average Bonchev–Trinajstić information content (AvgIpc) is 3.51. The summed E-state index contributed by atoms with van der Waals surface area (Å²) in [6, 6.07) is 11.5. The molecule has 1 aromatic heterocycles. The molecule has 9 nitrogen and oxygen atoms in total. The zero-order valence-electron chi connectivity index (χ0n) is 23.6. The maximum absolute atomic E-state index is 13.7. The number of thioether (sulfide) groups is 1. The first-order valence-corrected chi connectivity index (χ1v) is 14.3. The van der Waals surface area contributed by atoms with Crippen molar-refractivity contribution in [1.29, 1.82) is 0 Å². The number of aryl methyl sites for hydroxylation is 3. The van der Waals surface area contributed by atoms with Crippen LogP contribution in [-0.2, 0) is 18.3 Å². The predicted octanol–water partition coefficient (Wildman–Crippen LogP) is 5.17. The van der Waals surface area contributed by atoms with Gasteiger partial charge in [0, 0.05) is 36.5 Å². The molecular formula is C30H35N3O6S. The number of ether oxygens (including phenoxy) is 2. The van der Waals surface area contributed by atoms with Crippen LogP contribution in [0.25, 0.3) is 0 Å². The number of Topliss-reactive ketones (excluding diaryl/α,β-unsaturated/α-hetero) is 1. The zero-order chi connectivity index (χ0) is 29.2. The summed E-state index contributed by atoms with van der Waals surface area (Å²) < 4.78 is 12.9. The first kappa shape index (κ1) is 29.2. The highest BCUT2D eigenvalue weighted by molar-refractivity contribution is 7.98. The van der Waals surface area contributed by atoms with Gasteiger partial charge in [-0.05, 0) is 75.1 Å². The minimum Gasteiger partial charge on any atom is -0.478 e. The summed E-state index contributed by atoms with van der Waals surface area (Å²) in [7, 11) is 1.74. The predicted molar refractivity (Wildman–Crippen MR) is 152 cm³/mol.